The first-order chi connectivity index (χ1) is 11.6. The van der Waals surface area contributed by atoms with Gasteiger partial charge >= 0.3 is 0 Å². The summed E-state index contributed by atoms with van der Waals surface area (Å²) in [6.45, 7) is 4.09. The second kappa shape index (κ2) is 7.36. The molecule has 4 nitrogen and oxygen atoms in total. The monoisotopic (exact) mass is 337 g/mol. The third-order valence-corrected chi connectivity index (χ3v) is 4.66. The number of imidazole rings is 1. The van der Waals surface area contributed by atoms with Crippen molar-refractivity contribution in [2.24, 2.45) is 0 Å². The van der Waals surface area contributed by atoms with E-state index in [1.165, 1.54) is 22.9 Å². The zero-order chi connectivity index (χ0) is 16.9. The molecule has 1 heterocycles. The molecular formula is C19H19N3OS. The Balaban J connectivity index is 1.56. The van der Waals surface area contributed by atoms with Gasteiger partial charge in [-0.2, -0.15) is 0 Å². The number of amides is 1. The van der Waals surface area contributed by atoms with Crippen LogP contribution in [0.1, 0.15) is 11.1 Å². The minimum atomic E-state index is -0.0408. The number of nitrogens with zero attached hydrogens (tertiary/aromatic N) is 1. The Morgan fingerprint density at radius 3 is 2.67 bits per heavy atom. The highest BCUT2D eigenvalue weighted by Gasteiger charge is 2.08. The Morgan fingerprint density at radius 2 is 1.92 bits per heavy atom. The van der Waals surface area contributed by atoms with Crippen LogP contribution in [0.2, 0.25) is 0 Å². The largest absolute Gasteiger partial charge is 0.333 e. The van der Waals surface area contributed by atoms with Crippen LogP contribution in [0, 0.1) is 13.8 Å². The van der Waals surface area contributed by atoms with Crippen LogP contribution < -0.4 is 5.32 Å². The lowest BCUT2D eigenvalue weighted by atomic mass is 10.1. The molecule has 1 aromatic heterocycles. The normalized spacial score (nSPS) is 10.6. The molecule has 3 rings (SSSR count). The molecule has 2 N–H and O–H groups in total. The van der Waals surface area contributed by atoms with Gasteiger partial charge in [0.05, 0.1) is 17.6 Å². The fraction of sp³-hybridized carbons (Fsp3) is 0.158. The molecule has 3 aromatic rings. The van der Waals surface area contributed by atoms with E-state index in [1.54, 1.807) is 6.20 Å². The number of thioether (sulfide) groups is 1. The minimum absolute atomic E-state index is 0.0408. The van der Waals surface area contributed by atoms with Crippen molar-refractivity contribution in [2.75, 3.05) is 11.1 Å². The molecule has 0 atom stereocenters. The molecule has 0 radical (unpaired) electrons. The molecule has 122 valence electrons. The van der Waals surface area contributed by atoms with Gasteiger partial charge in [0.2, 0.25) is 5.91 Å². The summed E-state index contributed by atoms with van der Waals surface area (Å²) in [7, 11) is 0. The lowest BCUT2D eigenvalue weighted by Crippen LogP contribution is -2.14. The number of benzene rings is 2. The van der Waals surface area contributed by atoms with E-state index in [0.717, 1.165) is 22.1 Å². The number of rotatable bonds is 5. The van der Waals surface area contributed by atoms with Gasteiger partial charge < -0.3 is 10.3 Å². The molecule has 0 spiro atoms. The van der Waals surface area contributed by atoms with Crippen LogP contribution in [0.15, 0.2) is 59.9 Å². The van der Waals surface area contributed by atoms with Crippen molar-refractivity contribution in [3.8, 4) is 11.3 Å². The lowest BCUT2D eigenvalue weighted by molar-refractivity contribution is -0.113. The van der Waals surface area contributed by atoms with Gasteiger partial charge in [0.25, 0.3) is 0 Å². The van der Waals surface area contributed by atoms with E-state index in [0.29, 0.717) is 5.75 Å². The van der Waals surface area contributed by atoms with Crippen molar-refractivity contribution in [1.82, 2.24) is 9.97 Å². The molecule has 0 unspecified atom stereocenters. The number of H-pyrrole nitrogens is 1. The van der Waals surface area contributed by atoms with E-state index in [4.69, 9.17) is 0 Å². The first kappa shape index (κ1) is 16.3. The molecule has 0 bridgehead atoms. The number of nitrogens with one attached hydrogen (secondary N) is 2. The van der Waals surface area contributed by atoms with E-state index in [1.807, 2.05) is 55.5 Å². The summed E-state index contributed by atoms with van der Waals surface area (Å²) in [5.74, 6) is 0.273. The van der Waals surface area contributed by atoms with E-state index >= 15 is 0 Å². The van der Waals surface area contributed by atoms with Crippen molar-refractivity contribution in [1.29, 1.82) is 0 Å². The van der Waals surface area contributed by atoms with Crippen LogP contribution in [0.5, 0.6) is 0 Å². The van der Waals surface area contributed by atoms with Gasteiger partial charge in [0.15, 0.2) is 5.16 Å². The Hall–Kier alpha value is -2.53. The van der Waals surface area contributed by atoms with Gasteiger partial charge in [-0.15, -0.1) is 0 Å². The SMILES string of the molecule is Cc1ccc(NC(=O)CSc2ncc(-c3ccccc3)[nH]2)cc1C. The molecule has 1 amide bonds. The van der Waals surface area contributed by atoms with Crippen LogP contribution in [-0.2, 0) is 4.79 Å². The molecule has 5 heteroatoms. The van der Waals surface area contributed by atoms with E-state index in [2.05, 4.69) is 22.2 Å². The van der Waals surface area contributed by atoms with Crippen molar-refractivity contribution < 1.29 is 4.79 Å². The number of carbonyl (C=O) groups excluding carboxylic acids is 1. The fourth-order valence-electron chi connectivity index (χ4n) is 2.29. The molecule has 0 fully saturated rings. The van der Waals surface area contributed by atoms with Gasteiger partial charge in [-0.25, -0.2) is 4.98 Å². The second-order valence-electron chi connectivity index (χ2n) is 5.60. The highest BCUT2D eigenvalue weighted by Crippen LogP contribution is 2.21. The molecule has 0 aliphatic rings. The average Bonchev–Trinajstić information content (AvgIpc) is 3.06. The van der Waals surface area contributed by atoms with Gasteiger partial charge in [-0.3, -0.25) is 4.79 Å². The molecule has 0 saturated carbocycles. The second-order valence-corrected chi connectivity index (χ2v) is 6.57. The number of hydrogen-bond donors (Lipinski definition) is 2. The molecule has 0 aliphatic heterocycles. The summed E-state index contributed by atoms with van der Waals surface area (Å²) in [6.07, 6.45) is 1.79. The van der Waals surface area contributed by atoms with Crippen LogP contribution in [0.4, 0.5) is 5.69 Å². The number of carbonyl (C=O) groups is 1. The predicted molar refractivity (Wildman–Crippen MR) is 99.3 cm³/mol. The van der Waals surface area contributed by atoms with Gasteiger partial charge in [0.1, 0.15) is 0 Å². The number of aromatic amines is 1. The number of anilines is 1. The fourth-order valence-corrected chi connectivity index (χ4v) is 2.94. The van der Waals surface area contributed by atoms with E-state index in [9.17, 15) is 4.79 Å². The lowest BCUT2D eigenvalue weighted by Gasteiger charge is -2.07. The Bertz CT molecular complexity index is 843. The summed E-state index contributed by atoms with van der Waals surface area (Å²) < 4.78 is 0. The first-order valence-electron chi connectivity index (χ1n) is 7.72. The maximum atomic E-state index is 12.1. The van der Waals surface area contributed by atoms with Crippen LogP contribution in [0.3, 0.4) is 0 Å². The van der Waals surface area contributed by atoms with Crippen LogP contribution in [0.25, 0.3) is 11.3 Å². The predicted octanol–water partition coefficient (Wildman–Crippen LogP) is 4.42. The summed E-state index contributed by atoms with van der Waals surface area (Å²) in [5, 5.41) is 3.66. The van der Waals surface area contributed by atoms with Crippen molar-refractivity contribution >= 4 is 23.4 Å². The third kappa shape index (κ3) is 4.06. The van der Waals surface area contributed by atoms with Gasteiger partial charge in [0, 0.05) is 5.69 Å². The van der Waals surface area contributed by atoms with Crippen LogP contribution in [-0.4, -0.2) is 21.6 Å². The zero-order valence-corrected chi connectivity index (χ0v) is 14.5. The molecule has 24 heavy (non-hydrogen) atoms. The maximum absolute atomic E-state index is 12.1. The van der Waals surface area contributed by atoms with Crippen molar-refractivity contribution in [3.05, 3.63) is 65.9 Å². The first-order valence-corrected chi connectivity index (χ1v) is 8.71. The molecular weight excluding hydrogens is 318 g/mol. The summed E-state index contributed by atoms with van der Waals surface area (Å²) in [4.78, 5) is 19.6. The summed E-state index contributed by atoms with van der Waals surface area (Å²) >= 11 is 1.39. The molecule has 0 saturated heterocycles. The average molecular weight is 337 g/mol. The summed E-state index contributed by atoms with van der Waals surface area (Å²) in [5.41, 5.74) is 5.24. The van der Waals surface area contributed by atoms with E-state index in [-0.39, 0.29) is 5.91 Å². The highest BCUT2D eigenvalue weighted by molar-refractivity contribution is 7.99. The van der Waals surface area contributed by atoms with Gasteiger partial charge in [-0.1, -0.05) is 48.2 Å². The zero-order valence-electron chi connectivity index (χ0n) is 13.7. The van der Waals surface area contributed by atoms with Gasteiger partial charge in [-0.05, 0) is 42.7 Å². The van der Waals surface area contributed by atoms with Crippen LogP contribution >= 0.6 is 11.8 Å². The topological polar surface area (TPSA) is 57.8 Å². The Morgan fingerprint density at radius 1 is 1.12 bits per heavy atom. The van der Waals surface area contributed by atoms with E-state index < -0.39 is 0 Å². The number of aryl methyl sites for hydroxylation is 2. The quantitative estimate of drug-likeness (QED) is 0.677. The Labute approximate surface area is 145 Å². The number of hydrogen-bond acceptors (Lipinski definition) is 3. The minimum Gasteiger partial charge on any atom is -0.333 e. The Kier molecular flexibility index (Phi) is 5.01. The van der Waals surface area contributed by atoms with Crippen molar-refractivity contribution in [2.45, 2.75) is 19.0 Å². The molecule has 0 aliphatic carbocycles. The maximum Gasteiger partial charge on any atom is 0.234 e. The molecule has 2 aromatic carbocycles. The summed E-state index contributed by atoms with van der Waals surface area (Å²) in [6, 6.07) is 15.9. The van der Waals surface area contributed by atoms with Crippen molar-refractivity contribution in [3.63, 3.8) is 0 Å². The standard InChI is InChI=1S/C19H19N3OS/c1-13-8-9-16(10-14(13)2)21-18(23)12-24-19-20-11-17(22-19)15-6-4-3-5-7-15/h3-11H,12H2,1-2H3,(H,20,22)(H,21,23). The number of aromatic nitrogens is 2. The highest BCUT2D eigenvalue weighted by atomic mass is 32.2. The smallest absolute Gasteiger partial charge is 0.234 e. The third-order valence-electron chi connectivity index (χ3n) is 3.77.